The zero-order valence-electron chi connectivity index (χ0n) is 10.6. The molecule has 0 bridgehead atoms. The summed E-state index contributed by atoms with van der Waals surface area (Å²) in [4.78, 5) is 1.19. The first-order valence-electron chi connectivity index (χ1n) is 5.71. The zero-order chi connectivity index (χ0) is 14.6. The number of anilines is 1. The summed E-state index contributed by atoms with van der Waals surface area (Å²) in [5.41, 5.74) is 1.44. The summed E-state index contributed by atoms with van der Waals surface area (Å²) in [6, 6.07) is 6.51. The fourth-order valence-electron chi connectivity index (χ4n) is 1.75. The molecule has 6 heteroatoms. The molecule has 0 spiro atoms. The first-order chi connectivity index (χ1) is 8.78. The van der Waals surface area contributed by atoms with Gasteiger partial charge in [0.25, 0.3) is 0 Å². The van der Waals surface area contributed by atoms with Gasteiger partial charge in [-0.05, 0) is 31.5 Å². The largest absolute Gasteiger partial charge is 0.405 e. The van der Waals surface area contributed by atoms with Crippen molar-refractivity contribution in [1.82, 2.24) is 0 Å². The SMILES string of the molecule is CC(C)N(CC(F)(F)F)c1ccc(CBr)cc1C#N. The van der Waals surface area contributed by atoms with Gasteiger partial charge < -0.3 is 4.90 Å². The Morgan fingerprint density at radius 2 is 2.00 bits per heavy atom. The van der Waals surface area contributed by atoms with Crippen molar-refractivity contribution in [3.8, 4) is 6.07 Å². The smallest absolute Gasteiger partial charge is 0.359 e. The zero-order valence-corrected chi connectivity index (χ0v) is 12.2. The Labute approximate surface area is 119 Å². The molecular weight excluding hydrogens is 321 g/mol. The molecule has 1 aromatic carbocycles. The molecule has 0 saturated heterocycles. The van der Waals surface area contributed by atoms with Gasteiger partial charge in [-0.3, -0.25) is 0 Å². The van der Waals surface area contributed by atoms with Gasteiger partial charge in [0.2, 0.25) is 0 Å². The van der Waals surface area contributed by atoms with E-state index in [0.29, 0.717) is 11.0 Å². The first kappa shape index (κ1) is 15.8. The van der Waals surface area contributed by atoms with Gasteiger partial charge in [-0.2, -0.15) is 18.4 Å². The Balaban J connectivity index is 3.20. The van der Waals surface area contributed by atoms with Crippen molar-refractivity contribution in [1.29, 1.82) is 5.26 Å². The molecule has 0 atom stereocenters. The van der Waals surface area contributed by atoms with Crippen LogP contribution in [0.3, 0.4) is 0 Å². The van der Waals surface area contributed by atoms with Crippen LogP contribution in [-0.2, 0) is 5.33 Å². The average molecular weight is 335 g/mol. The molecule has 0 aliphatic heterocycles. The van der Waals surface area contributed by atoms with E-state index in [1.165, 1.54) is 4.90 Å². The van der Waals surface area contributed by atoms with E-state index in [2.05, 4.69) is 15.9 Å². The minimum absolute atomic E-state index is 0.259. The summed E-state index contributed by atoms with van der Waals surface area (Å²) in [6.45, 7) is 2.28. The first-order valence-corrected chi connectivity index (χ1v) is 6.83. The van der Waals surface area contributed by atoms with E-state index in [0.717, 1.165) is 5.56 Å². The van der Waals surface area contributed by atoms with E-state index in [9.17, 15) is 13.2 Å². The number of benzene rings is 1. The molecule has 0 aromatic heterocycles. The Morgan fingerprint density at radius 1 is 1.37 bits per heavy atom. The van der Waals surface area contributed by atoms with E-state index < -0.39 is 12.7 Å². The Hall–Kier alpha value is -1.22. The Morgan fingerprint density at radius 3 is 2.42 bits per heavy atom. The Kier molecular flexibility index (Phi) is 5.24. The highest BCUT2D eigenvalue weighted by molar-refractivity contribution is 9.08. The van der Waals surface area contributed by atoms with E-state index in [1.807, 2.05) is 6.07 Å². The molecule has 0 N–H and O–H groups in total. The summed E-state index contributed by atoms with van der Waals surface area (Å²) in [5, 5.41) is 9.65. The van der Waals surface area contributed by atoms with Gasteiger partial charge in [-0.15, -0.1) is 0 Å². The summed E-state index contributed by atoms with van der Waals surface area (Å²) in [6.07, 6.45) is -4.30. The highest BCUT2D eigenvalue weighted by Gasteiger charge is 2.32. The molecule has 0 aliphatic carbocycles. The molecule has 0 radical (unpaired) electrons. The standard InChI is InChI=1S/C13H14BrF3N2/c1-9(2)19(8-13(15,16)17)12-4-3-10(6-14)5-11(12)7-18/h3-5,9H,6,8H2,1-2H3. The lowest BCUT2D eigenvalue weighted by Gasteiger charge is -2.30. The molecule has 2 nitrogen and oxygen atoms in total. The molecule has 0 aliphatic rings. The third-order valence-electron chi connectivity index (χ3n) is 2.62. The minimum atomic E-state index is -4.30. The lowest BCUT2D eigenvalue weighted by atomic mass is 10.1. The maximum absolute atomic E-state index is 12.6. The Bertz CT molecular complexity index is 478. The molecule has 0 saturated carbocycles. The van der Waals surface area contributed by atoms with Crippen LogP contribution >= 0.6 is 15.9 Å². The van der Waals surface area contributed by atoms with E-state index in [-0.39, 0.29) is 11.6 Å². The van der Waals surface area contributed by atoms with Gasteiger partial charge in [-0.25, -0.2) is 0 Å². The predicted octanol–water partition coefficient (Wildman–Crippen LogP) is 4.23. The quantitative estimate of drug-likeness (QED) is 0.770. The second kappa shape index (κ2) is 6.29. The van der Waals surface area contributed by atoms with Crippen molar-refractivity contribution in [2.45, 2.75) is 31.4 Å². The van der Waals surface area contributed by atoms with E-state index in [4.69, 9.17) is 5.26 Å². The number of hydrogen-bond acceptors (Lipinski definition) is 2. The average Bonchev–Trinajstić information content (AvgIpc) is 2.34. The lowest BCUT2D eigenvalue weighted by Crippen LogP contribution is -2.39. The van der Waals surface area contributed by atoms with E-state index in [1.54, 1.807) is 32.0 Å². The monoisotopic (exact) mass is 334 g/mol. The van der Waals surface area contributed by atoms with Crippen molar-refractivity contribution in [2.24, 2.45) is 0 Å². The van der Waals surface area contributed by atoms with Crippen LogP contribution in [0.1, 0.15) is 25.0 Å². The van der Waals surface area contributed by atoms with Crippen molar-refractivity contribution in [2.75, 3.05) is 11.4 Å². The van der Waals surface area contributed by atoms with Crippen LogP contribution in [0.2, 0.25) is 0 Å². The maximum atomic E-state index is 12.6. The van der Waals surface area contributed by atoms with Gasteiger partial charge in [-0.1, -0.05) is 22.0 Å². The van der Waals surface area contributed by atoms with Crippen LogP contribution in [0.5, 0.6) is 0 Å². The van der Waals surface area contributed by atoms with Crippen molar-refractivity contribution < 1.29 is 13.2 Å². The number of nitriles is 1. The van der Waals surface area contributed by atoms with Gasteiger partial charge in [0.15, 0.2) is 0 Å². The van der Waals surface area contributed by atoms with Crippen molar-refractivity contribution >= 4 is 21.6 Å². The fraction of sp³-hybridized carbons (Fsp3) is 0.462. The van der Waals surface area contributed by atoms with Crippen LogP contribution in [-0.4, -0.2) is 18.8 Å². The molecule has 0 heterocycles. The van der Waals surface area contributed by atoms with E-state index >= 15 is 0 Å². The lowest BCUT2D eigenvalue weighted by molar-refractivity contribution is -0.120. The highest BCUT2D eigenvalue weighted by Crippen LogP contribution is 2.28. The molecule has 0 fully saturated rings. The molecular formula is C13H14BrF3N2. The van der Waals surface area contributed by atoms with Gasteiger partial charge in [0.05, 0.1) is 11.3 Å². The minimum Gasteiger partial charge on any atom is -0.359 e. The van der Waals surface area contributed by atoms with Crippen molar-refractivity contribution in [3.63, 3.8) is 0 Å². The van der Waals surface area contributed by atoms with Crippen LogP contribution in [0.25, 0.3) is 0 Å². The fourth-order valence-corrected chi connectivity index (χ4v) is 2.09. The topological polar surface area (TPSA) is 27.0 Å². The van der Waals surface area contributed by atoms with Crippen LogP contribution in [0.15, 0.2) is 18.2 Å². The van der Waals surface area contributed by atoms with Crippen LogP contribution in [0, 0.1) is 11.3 Å². The summed E-state index contributed by atoms with van der Waals surface area (Å²) >= 11 is 3.26. The van der Waals surface area contributed by atoms with Gasteiger partial charge >= 0.3 is 6.18 Å². The second-order valence-electron chi connectivity index (χ2n) is 4.43. The van der Waals surface area contributed by atoms with Gasteiger partial charge in [0, 0.05) is 11.4 Å². The number of rotatable bonds is 4. The number of alkyl halides is 4. The highest BCUT2D eigenvalue weighted by atomic mass is 79.9. The third-order valence-corrected chi connectivity index (χ3v) is 3.27. The second-order valence-corrected chi connectivity index (χ2v) is 4.99. The molecule has 0 unspecified atom stereocenters. The van der Waals surface area contributed by atoms with Crippen molar-refractivity contribution in [3.05, 3.63) is 29.3 Å². The number of nitrogens with zero attached hydrogens (tertiary/aromatic N) is 2. The predicted molar refractivity (Wildman–Crippen MR) is 72.3 cm³/mol. The molecule has 19 heavy (non-hydrogen) atoms. The molecule has 1 rings (SSSR count). The normalized spacial score (nSPS) is 11.5. The summed E-state index contributed by atoms with van der Waals surface area (Å²) in [7, 11) is 0. The van der Waals surface area contributed by atoms with Gasteiger partial charge in [0.1, 0.15) is 12.6 Å². The number of halogens is 4. The molecule has 0 amide bonds. The van der Waals surface area contributed by atoms with Crippen LogP contribution in [0.4, 0.5) is 18.9 Å². The summed E-state index contributed by atoms with van der Waals surface area (Å²) in [5.74, 6) is 0. The van der Waals surface area contributed by atoms with Crippen LogP contribution < -0.4 is 4.90 Å². The third kappa shape index (κ3) is 4.43. The summed E-state index contributed by atoms with van der Waals surface area (Å²) < 4.78 is 37.8. The molecule has 1 aromatic rings. The number of hydrogen-bond donors (Lipinski definition) is 0. The molecule has 104 valence electrons. The maximum Gasteiger partial charge on any atom is 0.405 e.